The van der Waals surface area contributed by atoms with Crippen molar-refractivity contribution in [3.63, 3.8) is 0 Å². The largest absolute Gasteiger partial charge is 0.354 e. The van der Waals surface area contributed by atoms with Crippen LogP contribution in [0.25, 0.3) is 0 Å². The highest BCUT2D eigenvalue weighted by atomic mass is 16.2. The molecule has 0 aliphatic heterocycles. The van der Waals surface area contributed by atoms with E-state index in [1.807, 2.05) is 20.8 Å². The Morgan fingerprint density at radius 2 is 1.76 bits per heavy atom. The second kappa shape index (κ2) is 8.98. The second-order valence-electron chi connectivity index (χ2n) is 4.51. The van der Waals surface area contributed by atoms with Gasteiger partial charge >= 0.3 is 0 Å². The summed E-state index contributed by atoms with van der Waals surface area (Å²) in [6, 6.07) is 0. The van der Waals surface area contributed by atoms with Gasteiger partial charge < -0.3 is 16.4 Å². The second-order valence-corrected chi connectivity index (χ2v) is 4.51. The highest BCUT2D eigenvalue weighted by Gasteiger charge is 2.10. The molecule has 0 aromatic heterocycles. The van der Waals surface area contributed by atoms with E-state index >= 15 is 0 Å². The Morgan fingerprint density at radius 1 is 1.18 bits per heavy atom. The van der Waals surface area contributed by atoms with E-state index in [1.165, 1.54) is 0 Å². The van der Waals surface area contributed by atoms with Gasteiger partial charge in [0.15, 0.2) is 0 Å². The fraction of sp³-hybridized carbons (Fsp3) is 0.833. The van der Waals surface area contributed by atoms with Crippen LogP contribution < -0.4 is 16.4 Å². The van der Waals surface area contributed by atoms with Gasteiger partial charge in [-0.1, -0.05) is 27.2 Å². The molecule has 1 atom stereocenters. The predicted molar refractivity (Wildman–Crippen MR) is 68.3 cm³/mol. The van der Waals surface area contributed by atoms with Crippen molar-refractivity contribution in [1.82, 2.24) is 10.6 Å². The molecular weight excluding hydrogens is 218 g/mol. The van der Waals surface area contributed by atoms with E-state index in [0.717, 1.165) is 6.42 Å². The average molecular weight is 243 g/mol. The summed E-state index contributed by atoms with van der Waals surface area (Å²) < 4.78 is 0. The van der Waals surface area contributed by atoms with E-state index in [2.05, 4.69) is 10.6 Å². The molecule has 0 fully saturated rings. The molecule has 0 saturated carbocycles. The summed E-state index contributed by atoms with van der Waals surface area (Å²) in [7, 11) is 0. The molecule has 0 aliphatic rings. The highest BCUT2D eigenvalue weighted by Crippen LogP contribution is 2.04. The number of hydrogen-bond acceptors (Lipinski definition) is 3. The Kier molecular flexibility index (Phi) is 8.40. The van der Waals surface area contributed by atoms with Gasteiger partial charge in [-0.25, -0.2) is 0 Å². The van der Waals surface area contributed by atoms with Gasteiger partial charge in [0, 0.05) is 25.4 Å². The van der Waals surface area contributed by atoms with E-state index in [1.54, 1.807) is 0 Å². The Hall–Kier alpha value is -1.10. The first kappa shape index (κ1) is 15.9. The molecule has 4 N–H and O–H groups in total. The van der Waals surface area contributed by atoms with E-state index in [9.17, 15) is 9.59 Å². The van der Waals surface area contributed by atoms with Gasteiger partial charge in [-0.15, -0.1) is 0 Å². The number of rotatable bonds is 8. The molecule has 0 spiro atoms. The lowest BCUT2D eigenvalue weighted by atomic mass is 10.0. The summed E-state index contributed by atoms with van der Waals surface area (Å²) in [5.41, 5.74) is 5.52. The van der Waals surface area contributed by atoms with Crippen LogP contribution >= 0.6 is 0 Å². The van der Waals surface area contributed by atoms with E-state index in [0.29, 0.717) is 26.1 Å². The molecule has 0 aromatic carbocycles. The molecule has 0 radical (unpaired) electrons. The number of amides is 2. The molecule has 2 amide bonds. The third-order valence-electron chi connectivity index (χ3n) is 2.66. The van der Waals surface area contributed by atoms with Crippen molar-refractivity contribution < 1.29 is 9.59 Å². The van der Waals surface area contributed by atoms with Gasteiger partial charge in [-0.3, -0.25) is 9.59 Å². The topological polar surface area (TPSA) is 84.2 Å². The lowest BCUT2D eigenvalue weighted by molar-refractivity contribution is -0.125. The van der Waals surface area contributed by atoms with Crippen molar-refractivity contribution in [2.45, 2.75) is 33.6 Å². The van der Waals surface area contributed by atoms with Crippen molar-refractivity contribution in [2.24, 2.45) is 17.6 Å². The Labute approximate surface area is 104 Å². The van der Waals surface area contributed by atoms with Gasteiger partial charge in [0.2, 0.25) is 11.8 Å². The van der Waals surface area contributed by atoms with Gasteiger partial charge in [0.25, 0.3) is 0 Å². The maximum Gasteiger partial charge on any atom is 0.222 e. The molecule has 0 aromatic rings. The molecule has 0 saturated heterocycles. The van der Waals surface area contributed by atoms with E-state index in [-0.39, 0.29) is 23.7 Å². The third kappa shape index (κ3) is 7.74. The van der Waals surface area contributed by atoms with Crippen LogP contribution in [0.4, 0.5) is 0 Å². The average Bonchev–Trinajstić information content (AvgIpc) is 2.31. The minimum absolute atomic E-state index is 0.00101. The van der Waals surface area contributed by atoms with Gasteiger partial charge in [-0.05, 0) is 12.5 Å². The van der Waals surface area contributed by atoms with Crippen molar-refractivity contribution in [3.05, 3.63) is 0 Å². The maximum atomic E-state index is 11.5. The normalized spacial score (nSPS) is 12.3. The molecule has 17 heavy (non-hydrogen) atoms. The van der Waals surface area contributed by atoms with Crippen molar-refractivity contribution in [1.29, 1.82) is 0 Å². The first-order valence-corrected chi connectivity index (χ1v) is 6.25. The molecule has 5 nitrogen and oxygen atoms in total. The zero-order valence-electron chi connectivity index (χ0n) is 11.1. The van der Waals surface area contributed by atoms with Crippen LogP contribution in [0.2, 0.25) is 0 Å². The Balaban J connectivity index is 3.61. The summed E-state index contributed by atoms with van der Waals surface area (Å²) in [6.45, 7) is 7.17. The Morgan fingerprint density at radius 3 is 2.24 bits per heavy atom. The van der Waals surface area contributed by atoms with Gasteiger partial charge in [0.05, 0.1) is 0 Å². The summed E-state index contributed by atoms with van der Waals surface area (Å²) in [5, 5.41) is 5.51. The molecule has 0 bridgehead atoms. The predicted octanol–water partition coefficient (Wildman–Crippen LogP) is 0.250. The van der Waals surface area contributed by atoms with Crippen LogP contribution in [-0.4, -0.2) is 31.4 Å². The number of carbonyl (C=O) groups is 2. The fourth-order valence-corrected chi connectivity index (χ4v) is 1.32. The number of nitrogens with one attached hydrogen (secondary N) is 2. The van der Waals surface area contributed by atoms with E-state index < -0.39 is 0 Å². The standard InChI is InChI=1S/C12H25N3O2/c1-4-10(8-13)7-11(16)14-5-6-15-12(17)9(2)3/h9-10H,4-8,13H2,1-3H3,(H,14,16)(H,15,17). The molecule has 100 valence electrons. The molecule has 0 heterocycles. The number of carbonyl (C=O) groups excluding carboxylic acids is 2. The van der Waals surface area contributed by atoms with Crippen molar-refractivity contribution in [3.8, 4) is 0 Å². The summed E-state index contributed by atoms with van der Waals surface area (Å²) in [6.07, 6.45) is 1.37. The van der Waals surface area contributed by atoms with Crippen LogP contribution in [0.1, 0.15) is 33.6 Å². The molecule has 0 rings (SSSR count). The lowest BCUT2D eigenvalue weighted by Crippen LogP contribution is -2.37. The van der Waals surface area contributed by atoms with Crippen LogP contribution in [0.5, 0.6) is 0 Å². The van der Waals surface area contributed by atoms with Crippen molar-refractivity contribution in [2.75, 3.05) is 19.6 Å². The minimum atomic E-state index is -0.0209. The molecule has 5 heteroatoms. The molecular formula is C12H25N3O2. The van der Waals surface area contributed by atoms with Crippen LogP contribution in [-0.2, 0) is 9.59 Å². The van der Waals surface area contributed by atoms with Crippen LogP contribution in [0.15, 0.2) is 0 Å². The third-order valence-corrected chi connectivity index (χ3v) is 2.66. The van der Waals surface area contributed by atoms with Crippen LogP contribution in [0, 0.1) is 11.8 Å². The monoisotopic (exact) mass is 243 g/mol. The first-order valence-electron chi connectivity index (χ1n) is 6.25. The quantitative estimate of drug-likeness (QED) is 0.534. The SMILES string of the molecule is CCC(CN)CC(=O)NCCNC(=O)C(C)C. The summed E-state index contributed by atoms with van der Waals surface area (Å²) in [4.78, 5) is 22.7. The first-order chi connectivity index (χ1) is 8.01. The van der Waals surface area contributed by atoms with Crippen molar-refractivity contribution >= 4 is 11.8 Å². The van der Waals surface area contributed by atoms with E-state index in [4.69, 9.17) is 5.73 Å². The van der Waals surface area contributed by atoms with Gasteiger partial charge in [0.1, 0.15) is 0 Å². The zero-order valence-corrected chi connectivity index (χ0v) is 11.1. The Bertz CT molecular complexity index is 238. The smallest absolute Gasteiger partial charge is 0.222 e. The van der Waals surface area contributed by atoms with Gasteiger partial charge in [-0.2, -0.15) is 0 Å². The fourth-order valence-electron chi connectivity index (χ4n) is 1.32. The highest BCUT2D eigenvalue weighted by molar-refractivity contribution is 5.78. The summed E-state index contributed by atoms with van der Waals surface area (Å²) in [5.74, 6) is 0.237. The van der Waals surface area contributed by atoms with Crippen LogP contribution in [0.3, 0.4) is 0 Å². The number of hydrogen-bond donors (Lipinski definition) is 3. The zero-order chi connectivity index (χ0) is 13.3. The summed E-state index contributed by atoms with van der Waals surface area (Å²) >= 11 is 0. The lowest BCUT2D eigenvalue weighted by Gasteiger charge is -2.12. The molecule has 1 unspecified atom stereocenters. The maximum absolute atomic E-state index is 11.5. The minimum Gasteiger partial charge on any atom is -0.354 e. The molecule has 0 aliphatic carbocycles. The number of nitrogens with two attached hydrogens (primary N) is 1.